The fraction of sp³-hybridized carbons (Fsp3) is 0.652. The Hall–Kier alpha value is -1.57. The Labute approximate surface area is 178 Å². The van der Waals surface area contributed by atoms with Gasteiger partial charge in [-0.1, -0.05) is 12.1 Å². The van der Waals surface area contributed by atoms with E-state index < -0.39 is 21.2 Å². The van der Waals surface area contributed by atoms with E-state index in [0.29, 0.717) is 29.7 Å². The Morgan fingerprint density at radius 2 is 1.67 bits per heavy atom. The second-order valence-corrected chi connectivity index (χ2v) is 12.0. The van der Waals surface area contributed by atoms with Crippen LogP contribution >= 0.6 is 0 Å². The molecule has 0 spiro atoms. The molecule has 0 amide bonds. The van der Waals surface area contributed by atoms with Gasteiger partial charge in [-0.2, -0.15) is 4.72 Å². The number of ketones is 2. The van der Waals surface area contributed by atoms with Crippen molar-refractivity contribution in [1.82, 2.24) is 4.72 Å². The predicted molar refractivity (Wildman–Crippen MR) is 112 cm³/mol. The minimum absolute atomic E-state index is 0.0326. The zero-order valence-corrected chi connectivity index (χ0v) is 18.7. The molecular weight excluding hydrogens is 402 g/mol. The Kier molecular flexibility index (Phi) is 5.23. The van der Waals surface area contributed by atoms with Gasteiger partial charge in [0.15, 0.2) is 11.6 Å². The second kappa shape index (κ2) is 7.24. The Morgan fingerprint density at radius 3 is 2.17 bits per heavy atom. The second-order valence-electron chi connectivity index (χ2n) is 10.3. The minimum Gasteiger partial charge on any atom is -0.390 e. The number of aliphatic hydroxyl groups is 1. The van der Waals surface area contributed by atoms with Gasteiger partial charge in [-0.15, -0.1) is 0 Å². The summed E-state index contributed by atoms with van der Waals surface area (Å²) < 4.78 is 28.2. The van der Waals surface area contributed by atoms with Gasteiger partial charge in [0.05, 0.1) is 16.0 Å². The van der Waals surface area contributed by atoms with Crippen LogP contribution < -0.4 is 4.72 Å². The van der Waals surface area contributed by atoms with E-state index in [1.165, 1.54) is 31.2 Å². The number of sulfonamides is 1. The molecule has 0 heterocycles. The molecule has 2 N–H and O–H groups in total. The highest BCUT2D eigenvalue weighted by Gasteiger charge is 2.55. The van der Waals surface area contributed by atoms with Crippen molar-refractivity contribution in [2.24, 2.45) is 23.7 Å². The summed E-state index contributed by atoms with van der Waals surface area (Å²) in [6.07, 6.45) is 4.93. The molecule has 4 fully saturated rings. The molecule has 4 saturated carbocycles. The molecule has 6 nitrogen and oxygen atoms in total. The van der Waals surface area contributed by atoms with E-state index in [4.69, 9.17) is 0 Å². The highest BCUT2D eigenvalue weighted by molar-refractivity contribution is 7.89. The van der Waals surface area contributed by atoms with E-state index in [9.17, 15) is 23.1 Å². The summed E-state index contributed by atoms with van der Waals surface area (Å²) in [5.41, 5.74) is -1.34. The van der Waals surface area contributed by atoms with Crippen LogP contribution in [0.15, 0.2) is 29.2 Å². The Morgan fingerprint density at radius 1 is 1.10 bits per heavy atom. The van der Waals surface area contributed by atoms with Crippen molar-refractivity contribution in [2.45, 2.75) is 75.3 Å². The summed E-state index contributed by atoms with van der Waals surface area (Å²) in [6.45, 7) is 4.65. The monoisotopic (exact) mass is 433 g/mol. The van der Waals surface area contributed by atoms with Gasteiger partial charge in [0, 0.05) is 12.0 Å². The van der Waals surface area contributed by atoms with Gasteiger partial charge < -0.3 is 5.11 Å². The molecule has 4 aliphatic rings. The Balaban J connectivity index is 1.45. The smallest absolute Gasteiger partial charge is 0.241 e. The molecule has 7 heteroatoms. The van der Waals surface area contributed by atoms with Crippen LogP contribution in [0.5, 0.6) is 0 Å². The van der Waals surface area contributed by atoms with E-state index in [0.717, 1.165) is 32.1 Å². The maximum Gasteiger partial charge on any atom is 0.241 e. The first kappa shape index (κ1) is 21.7. The fourth-order valence-electron chi connectivity index (χ4n) is 6.21. The molecule has 164 valence electrons. The molecule has 2 unspecified atom stereocenters. The molecule has 0 aromatic heterocycles. The van der Waals surface area contributed by atoms with E-state index >= 15 is 0 Å². The van der Waals surface area contributed by atoms with Crippen LogP contribution in [0.4, 0.5) is 0 Å². The normalized spacial score (nSPS) is 32.9. The van der Waals surface area contributed by atoms with Crippen LogP contribution in [-0.2, 0) is 14.8 Å². The van der Waals surface area contributed by atoms with Crippen LogP contribution in [0.25, 0.3) is 0 Å². The fourth-order valence-corrected chi connectivity index (χ4v) is 7.61. The zero-order valence-electron chi connectivity index (χ0n) is 17.8. The maximum absolute atomic E-state index is 13.2. The first-order chi connectivity index (χ1) is 13.9. The van der Waals surface area contributed by atoms with Crippen LogP contribution in [0.2, 0.25) is 0 Å². The lowest BCUT2D eigenvalue weighted by atomic mass is 9.49. The van der Waals surface area contributed by atoms with Crippen molar-refractivity contribution in [3.05, 3.63) is 29.8 Å². The summed E-state index contributed by atoms with van der Waals surface area (Å²) in [4.78, 5) is 24.6. The molecule has 4 bridgehead atoms. The molecule has 4 aliphatic carbocycles. The van der Waals surface area contributed by atoms with Crippen LogP contribution in [0, 0.1) is 23.7 Å². The number of carbonyl (C=O) groups excluding carboxylic acids is 2. The predicted octanol–water partition coefficient (Wildman–Crippen LogP) is 3.09. The number of carbonyl (C=O) groups is 2. The lowest BCUT2D eigenvalue weighted by molar-refractivity contribution is -0.158. The van der Waals surface area contributed by atoms with Crippen LogP contribution in [0.3, 0.4) is 0 Å². The standard InChI is InChI=1S/C23H31NO5S/c1-14(25)16-4-6-19(7-5-16)30(28,29)24-22(2,3)21(26)10-20-17-8-15-9-18(20)13-23(27,11-15)12-17/h4-7,15,17-18,20,24,27H,8-13H2,1-3H3. The maximum atomic E-state index is 13.2. The number of nitrogens with one attached hydrogen (secondary N) is 1. The molecule has 0 saturated heterocycles. The molecular formula is C23H31NO5S. The highest BCUT2D eigenvalue weighted by Crippen LogP contribution is 2.59. The van der Waals surface area contributed by atoms with E-state index in [-0.39, 0.29) is 22.4 Å². The lowest BCUT2D eigenvalue weighted by Crippen LogP contribution is -2.56. The van der Waals surface area contributed by atoms with Gasteiger partial charge in [-0.3, -0.25) is 9.59 Å². The topological polar surface area (TPSA) is 101 Å². The van der Waals surface area contributed by atoms with Gasteiger partial charge in [-0.25, -0.2) is 8.42 Å². The summed E-state index contributed by atoms with van der Waals surface area (Å²) >= 11 is 0. The first-order valence-electron chi connectivity index (χ1n) is 10.8. The number of hydrogen-bond acceptors (Lipinski definition) is 5. The molecule has 30 heavy (non-hydrogen) atoms. The number of Topliss-reactive ketones (excluding diaryl/α,β-unsaturated/α-hetero) is 2. The van der Waals surface area contributed by atoms with Crippen molar-refractivity contribution in [3.8, 4) is 0 Å². The van der Waals surface area contributed by atoms with Crippen molar-refractivity contribution in [1.29, 1.82) is 0 Å². The molecule has 1 aromatic carbocycles. The van der Waals surface area contributed by atoms with Crippen molar-refractivity contribution in [2.75, 3.05) is 0 Å². The summed E-state index contributed by atoms with van der Waals surface area (Å²) in [6, 6.07) is 5.73. The average Bonchev–Trinajstić information content (AvgIpc) is 2.62. The zero-order chi connectivity index (χ0) is 21.9. The average molecular weight is 434 g/mol. The SMILES string of the molecule is CC(=O)c1ccc(S(=O)(=O)NC(C)(C)C(=O)CC2C3CC4CC2CC(O)(C4)C3)cc1. The number of hydrogen-bond donors (Lipinski definition) is 2. The van der Waals surface area contributed by atoms with E-state index in [1.807, 2.05) is 0 Å². The van der Waals surface area contributed by atoms with Gasteiger partial charge in [0.1, 0.15) is 0 Å². The number of benzene rings is 1. The van der Waals surface area contributed by atoms with Crippen molar-refractivity contribution in [3.63, 3.8) is 0 Å². The quantitative estimate of drug-likeness (QED) is 0.644. The minimum atomic E-state index is -3.90. The van der Waals surface area contributed by atoms with E-state index in [2.05, 4.69) is 4.72 Å². The van der Waals surface area contributed by atoms with Crippen molar-refractivity contribution < 1.29 is 23.1 Å². The van der Waals surface area contributed by atoms with Crippen LogP contribution in [-0.4, -0.2) is 36.2 Å². The van der Waals surface area contributed by atoms with Crippen molar-refractivity contribution >= 4 is 21.6 Å². The lowest BCUT2D eigenvalue weighted by Gasteiger charge is -2.58. The van der Waals surface area contributed by atoms with Gasteiger partial charge >= 0.3 is 0 Å². The van der Waals surface area contributed by atoms with E-state index in [1.54, 1.807) is 13.8 Å². The third kappa shape index (κ3) is 3.99. The highest BCUT2D eigenvalue weighted by atomic mass is 32.2. The molecule has 0 aliphatic heterocycles. The summed E-state index contributed by atoms with van der Waals surface area (Å²) in [5.74, 6) is 1.27. The molecule has 0 radical (unpaired) electrons. The van der Waals surface area contributed by atoms with Gasteiger partial charge in [0.2, 0.25) is 10.0 Å². The third-order valence-corrected chi connectivity index (χ3v) is 9.19. The van der Waals surface area contributed by atoms with Gasteiger partial charge in [0.25, 0.3) is 0 Å². The molecule has 1 aromatic rings. The largest absolute Gasteiger partial charge is 0.390 e. The first-order valence-corrected chi connectivity index (χ1v) is 12.3. The summed E-state index contributed by atoms with van der Waals surface area (Å²) in [7, 11) is -3.90. The molecule has 5 rings (SSSR count). The van der Waals surface area contributed by atoms with Crippen LogP contribution in [0.1, 0.15) is 69.7 Å². The Bertz CT molecular complexity index is 950. The molecule has 2 atom stereocenters. The third-order valence-electron chi connectivity index (χ3n) is 7.51. The summed E-state index contributed by atoms with van der Waals surface area (Å²) in [5, 5.41) is 10.7. The van der Waals surface area contributed by atoms with Gasteiger partial charge in [-0.05, 0) is 88.7 Å². The number of rotatable bonds is 7.